The number of hydrogen-bond donors (Lipinski definition) is 0. The van der Waals surface area contributed by atoms with E-state index in [4.69, 9.17) is 4.74 Å². The normalized spacial score (nSPS) is 10.4. The Bertz CT molecular complexity index is 792. The number of imidazole rings is 1. The van der Waals surface area contributed by atoms with Crippen molar-refractivity contribution in [1.82, 2.24) is 14.5 Å². The van der Waals surface area contributed by atoms with Gasteiger partial charge in [-0.15, -0.1) is 0 Å². The Balaban J connectivity index is 1.70. The lowest BCUT2D eigenvalue weighted by Crippen LogP contribution is -2.35. The third kappa shape index (κ3) is 4.90. The summed E-state index contributed by atoms with van der Waals surface area (Å²) in [5.74, 6) is 0.543. The van der Waals surface area contributed by atoms with E-state index in [0.29, 0.717) is 18.9 Å². The molecule has 2 aromatic heterocycles. The molecule has 0 N–H and O–H groups in total. The van der Waals surface area contributed by atoms with Gasteiger partial charge in [0.1, 0.15) is 12.4 Å². The lowest BCUT2D eigenvalue weighted by atomic mass is 10.2. The molecule has 0 unspecified atom stereocenters. The summed E-state index contributed by atoms with van der Waals surface area (Å²) in [6.45, 7) is 1.24. The van der Waals surface area contributed by atoms with E-state index in [1.165, 1.54) is 4.90 Å². The third-order valence-corrected chi connectivity index (χ3v) is 4.02. The number of anilines is 1. The van der Waals surface area contributed by atoms with Gasteiger partial charge in [-0.05, 0) is 33.6 Å². The number of aromatic nitrogens is 3. The highest BCUT2D eigenvalue weighted by Gasteiger charge is 2.18. The second kappa shape index (κ2) is 8.43. The SMILES string of the molecule is O=C(OCc1ccccc1)N(CCn1ccnc1)c1ccc(Br)cn1. The predicted molar refractivity (Wildman–Crippen MR) is 98.1 cm³/mol. The summed E-state index contributed by atoms with van der Waals surface area (Å²) in [6, 6.07) is 13.2. The number of halogens is 1. The quantitative estimate of drug-likeness (QED) is 0.629. The zero-order valence-corrected chi connectivity index (χ0v) is 15.0. The molecule has 3 rings (SSSR count). The van der Waals surface area contributed by atoms with E-state index in [0.717, 1.165) is 10.0 Å². The molecule has 25 heavy (non-hydrogen) atoms. The number of pyridine rings is 1. The number of nitrogens with zero attached hydrogens (tertiary/aromatic N) is 4. The van der Waals surface area contributed by atoms with Crippen molar-refractivity contribution in [2.75, 3.05) is 11.4 Å². The van der Waals surface area contributed by atoms with E-state index in [-0.39, 0.29) is 6.61 Å². The molecule has 0 atom stereocenters. The fourth-order valence-corrected chi connectivity index (χ4v) is 2.49. The zero-order valence-electron chi connectivity index (χ0n) is 13.5. The first kappa shape index (κ1) is 17.2. The van der Waals surface area contributed by atoms with Gasteiger partial charge >= 0.3 is 6.09 Å². The first-order valence-electron chi connectivity index (χ1n) is 7.78. The van der Waals surface area contributed by atoms with Gasteiger partial charge in [-0.1, -0.05) is 30.3 Å². The molecule has 3 aromatic rings. The molecule has 1 aromatic carbocycles. The number of hydrogen-bond acceptors (Lipinski definition) is 4. The van der Waals surface area contributed by atoms with E-state index in [2.05, 4.69) is 25.9 Å². The van der Waals surface area contributed by atoms with Crippen LogP contribution in [0.2, 0.25) is 0 Å². The van der Waals surface area contributed by atoms with E-state index in [9.17, 15) is 4.79 Å². The van der Waals surface area contributed by atoms with Crippen molar-refractivity contribution in [2.24, 2.45) is 0 Å². The number of ether oxygens (including phenoxy) is 1. The van der Waals surface area contributed by atoms with Gasteiger partial charge in [0.15, 0.2) is 0 Å². The van der Waals surface area contributed by atoms with Crippen molar-refractivity contribution in [3.05, 3.63) is 77.4 Å². The van der Waals surface area contributed by atoms with Crippen LogP contribution in [0.25, 0.3) is 0 Å². The maximum Gasteiger partial charge on any atom is 0.415 e. The molecule has 0 saturated heterocycles. The van der Waals surface area contributed by atoms with Gasteiger partial charge in [-0.2, -0.15) is 0 Å². The third-order valence-electron chi connectivity index (χ3n) is 3.55. The minimum Gasteiger partial charge on any atom is -0.444 e. The van der Waals surface area contributed by atoms with E-state index < -0.39 is 6.09 Å². The van der Waals surface area contributed by atoms with E-state index in [1.54, 1.807) is 24.8 Å². The molecular formula is C18H17BrN4O2. The summed E-state index contributed by atoms with van der Waals surface area (Å²) in [7, 11) is 0. The molecule has 0 aliphatic carbocycles. The average molecular weight is 401 g/mol. The summed E-state index contributed by atoms with van der Waals surface area (Å²) in [4.78, 5) is 22.4. The highest BCUT2D eigenvalue weighted by atomic mass is 79.9. The van der Waals surface area contributed by atoms with Gasteiger partial charge < -0.3 is 9.30 Å². The maximum absolute atomic E-state index is 12.6. The molecule has 0 aliphatic rings. The Hall–Kier alpha value is -2.67. The summed E-state index contributed by atoms with van der Waals surface area (Å²) < 4.78 is 8.20. The molecule has 0 spiro atoms. The zero-order chi connectivity index (χ0) is 17.5. The van der Waals surface area contributed by atoms with Crippen molar-refractivity contribution >= 4 is 27.8 Å². The standard InChI is InChI=1S/C18H17BrN4O2/c19-16-6-7-17(21-12-16)23(11-10-22-9-8-20-14-22)18(24)25-13-15-4-2-1-3-5-15/h1-9,12,14H,10-11,13H2. The van der Waals surface area contributed by atoms with E-state index >= 15 is 0 Å². The van der Waals surface area contributed by atoms with Crippen LogP contribution < -0.4 is 4.90 Å². The Morgan fingerprint density at radius 1 is 1.20 bits per heavy atom. The van der Waals surface area contributed by atoms with E-state index in [1.807, 2.05) is 47.2 Å². The lowest BCUT2D eigenvalue weighted by Gasteiger charge is -2.21. The van der Waals surface area contributed by atoms with Crippen LogP contribution in [0.15, 0.2) is 71.9 Å². The van der Waals surface area contributed by atoms with Gasteiger partial charge in [-0.3, -0.25) is 4.90 Å². The minimum atomic E-state index is -0.432. The van der Waals surface area contributed by atoms with Crippen LogP contribution in [-0.2, 0) is 17.9 Å². The van der Waals surface area contributed by atoms with Gasteiger partial charge in [-0.25, -0.2) is 14.8 Å². The second-order valence-electron chi connectivity index (χ2n) is 5.33. The highest BCUT2D eigenvalue weighted by Crippen LogP contribution is 2.16. The van der Waals surface area contributed by atoms with Crippen LogP contribution in [0, 0.1) is 0 Å². The number of carbonyl (C=O) groups excluding carboxylic acids is 1. The monoisotopic (exact) mass is 400 g/mol. The molecule has 0 fully saturated rings. The Morgan fingerprint density at radius 3 is 2.72 bits per heavy atom. The van der Waals surface area contributed by atoms with Crippen molar-refractivity contribution in [1.29, 1.82) is 0 Å². The number of benzene rings is 1. The molecule has 0 saturated carbocycles. The first-order valence-corrected chi connectivity index (χ1v) is 8.57. The minimum absolute atomic E-state index is 0.220. The van der Waals surface area contributed by atoms with Crippen LogP contribution in [0.1, 0.15) is 5.56 Å². The van der Waals surface area contributed by atoms with Crippen LogP contribution in [-0.4, -0.2) is 27.2 Å². The number of amides is 1. The molecule has 0 bridgehead atoms. The average Bonchev–Trinajstić information content (AvgIpc) is 3.16. The summed E-state index contributed by atoms with van der Waals surface area (Å²) in [5.41, 5.74) is 0.939. The summed E-state index contributed by atoms with van der Waals surface area (Å²) in [6.07, 6.45) is 6.49. The van der Waals surface area contributed by atoms with Crippen LogP contribution in [0.4, 0.5) is 10.6 Å². The maximum atomic E-state index is 12.6. The topological polar surface area (TPSA) is 60.2 Å². The fraction of sp³-hybridized carbons (Fsp3) is 0.167. The van der Waals surface area contributed by atoms with Gasteiger partial charge in [0, 0.05) is 36.2 Å². The molecule has 0 aliphatic heterocycles. The molecule has 0 radical (unpaired) electrons. The predicted octanol–water partition coefficient (Wildman–Crippen LogP) is 3.88. The molecule has 128 valence electrons. The largest absolute Gasteiger partial charge is 0.444 e. The van der Waals surface area contributed by atoms with Crippen molar-refractivity contribution < 1.29 is 9.53 Å². The lowest BCUT2D eigenvalue weighted by molar-refractivity contribution is 0.146. The molecule has 1 amide bonds. The Kier molecular flexibility index (Phi) is 5.79. The van der Waals surface area contributed by atoms with Crippen molar-refractivity contribution in [2.45, 2.75) is 13.2 Å². The fourth-order valence-electron chi connectivity index (χ4n) is 2.26. The second-order valence-corrected chi connectivity index (χ2v) is 6.24. The molecule has 2 heterocycles. The molecule has 6 nitrogen and oxygen atoms in total. The summed E-state index contributed by atoms with van der Waals surface area (Å²) >= 11 is 3.35. The van der Waals surface area contributed by atoms with Crippen molar-refractivity contribution in [3.8, 4) is 0 Å². The summed E-state index contributed by atoms with van der Waals surface area (Å²) in [5, 5.41) is 0. The smallest absolute Gasteiger partial charge is 0.415 e. The van der Waals surface area contributed by atoms with Crippen LogP contribution in [0.3, 0.4) is 0 Å². The van der Waals surface area contributed by atoms with Crippen molar-refractivity contribution in [3.63, 3.8) is 0 Å². The number of rotatable bonds is 6. The Morgan fingerprint density at radius 2 is 2.04 bits per heavy atom. The van der Waals surface area contributed by atoms with Crippen LogP contribution in [0.5, 0.6) is 0 Å². The highest BCUT2D eigenvalue weighted by molar-refractivity contribution is 9.10. The van der Waals surface area contributed by atoms with Gasteiger partial charge in [0.2, 0.25) is 0 Å². The number of carbonyl (C=O) groups is 1. The molecule has 7 heteroatoms. The van der Waals surface area contributed by atoms with Crippen LogP contribution >= 0.6 is 15.9 Å². The first-order chi connectivity index (χ1) is 12.2. The Labute approximate surface area is 154 Å². The van der Waals surface area contributed by atoms with Gasteiger partial charge in [0.25, 0.3) is 0 Å². The van der Waals surface area contributed by atoms with Gasteiger partial charge in [0.05, 0.1) is 6.33 Å². The molecular weight excluding hydrogens is 384 g/mol.